The van der Waals surface area contributed by atoms with Crippen LogP contribution in [0.2, 0.25) is 0 Å². The van der Waals surface area contributed by atoms with Crippen molar-refractivity contribution in [3.8, 4) is 0 Å². The number of aromatic nitrogens is 2. The van der Waals surface area contributed by atoms with Gasteiger partial charge < -0.3 is 5.11 Å². The van der Waals surface area contributed by atoms with Gasteiger partial charge in [-0.25, -0.2) is 0 Å². The van der Waals surface area contributed by atoms with Gasteiger partial charge in [-0.3, -0.25) is 4.68 Å². The standard InChI is InChI=1S/C10H11BrN2OS/c1-13-4-2-8(12-13)9(14)6-10-7(11)3-5-15-10/h2-5,9,14H,6H2,1H3. The Labute approximate surface area is 100 Å². The molecule has 0 bridgehead atoms. The summed E-state index contributed by atoms with van der Waals surface area (Å²) in [4.78, 5) is 1.15. The van der Waals surface area contributed by atoms with E-state index in [1.807, 2.05) is 30.8 Å². The van der Waals surface area contributed by atoms with Crippen LogP contribution >= 0.6 is 27.3 Å². The van der Waals surface area contributed by atoms with E-state index in [1.54, 1.807) is 16.0 Å². The maximum atomic E-state index is 9.94. The molecule has 0 aliphatic carbocycles. The molecular formula is C10H11BrN2OS. The lowest BCUT2D eigenvalue weighted by molar-refractivity contribution is 0.173. The maximum absolute atomic E-state index is 9.94. The molecule has 80 valence electrons. The zero-order valence-electron chi connectivity index (χ0n) is 8.22. The lowest BCUT2D eigenvalue weighted by Crippen LogP contribution is -2.02. The SMILES string of the molecule is Cn1ccc(C(O)Cc2sccc2Br)n1. The Bertz CT molecular complexity index is 452. The molecule has 1 unspecified atom stereocenters. The largest absolute Gasteiger partial charge is 0.386 e. The van der Waals surface area contributed by atoms with Gasteiger partial charge in [0.05, 0.1) is 5.69 Å². The number of hydrogen-bond acceptors (Lipinski definition) is 3. The zero-order chi connectivity index (χ0) is 10.8. The van der Waals surface area contributed by atoms with E-state index >= 15 is 0 Å². The summed E-state index contributed by atoms with van der Waals surface area (Å²) in [6, 6.07) is 3.83. The summed E-state index contributed by atoms with van der Waals surface area (Å²) in [7, 11) is 1.84. The van der Waals surface area contributed by atoms with Gasteiger partial charge in [0.1, 0.15) is 6.10 Å². The lowest BCUT2D eigenvalue weighted by Gasteiger charge is -2.06. The van der Waals surface area contributed by atoms with Gasteiger partial charge in [0, 0.05) is 29.0 Å². The normalized spacial score (nSPS) is 13.0. The predicted octanol–water partition coefficient (Wildman–Crippen LogP) is 2.52. The monoisotopic (exact) mass is 286 g/mol. The van der Waals surface area contributed by atoms with E-state index in [0.717, 1.165) is 15.0 Å². The summed E-state index contributed by atoms with van der Waals surface area (Å²) in [6.45, 7) is 0. The van der Waals surface area contributed by atoms with Crippen LogP contribution in [0, 0.1) is 0 Å². The average molecular weight is 287 g/mol. The molecule has 0 saturated heterocycles. The van der Waals surface area contributed by atoms with Crippen molar-refractivity contribution in [2.75, 3.05) is 0 Å². The molecule has 0 radical (unpaired) electrons. The molecule has 2 heterocycles. The molecule has 1 N–H and O–H groups in total. The van der Waals surface area contributed by atoms with Crippen molar-refractivity contribution in [1.82, 2.24) is 9.78 Å². The van der Waals surface area contributed by atoms with E-state index in [4.69, 9.17) is 0 Å². The van der Waals surface area contributed by atoms with Gasteiger partial charge in [0.25, 0.3) is 0 Å². The fraction of sp³-hybridized carbons (Fsp3) is 0.300. The minimum Gasteiger partial charge on any atom is -0.386 e. The van der Waals surface area contributed by atoms with Crippen LogP contribution in [0.15, 0.2) is 28.2 Å². The number of aliphatic hydroxyl groups is 1. The van der Waals surface area contributed by atoms with Gasteiger partial charge >= 0.3 is 0 Å². The molecule has 0 amide bonds. The second-order valence-corrected chi connectivity index (χ2v) is 5.18. The van der Waals surface area contributed by atoms with Crippen molar-refractivity contribution in [2.24, 2.45) is 7.05 Å². The third-order valence-electron chi connectivity index (χ3n) is 2.15. The number of hydrogen-bond donors (Lipinski definition) is 1. The summed E-state index contributed by atoms with van der Waals surface area (Å²) in [5.74, 6) is 0. The minimum absolute atomic E-state index is 0.527. The molecule has 5 heteroatoms. The molecule has 0 aliphatic rings. The highest BCUT2D eigenvalue weighted by atomic mass is 79.9. The second kappa shape index (κ2) is 4.47. The van der Waals surface area contributed by atoms with Crippen molar-refractivity contribution < 1.29 is 5.11 Å². The van der Waals surface area contributed by atoms with Crippen molar-refractivity contribution in [1.29, 1.82) is 0 Å². The van der Waals surface area contributed by atoms with Crippen LogP contribution in [-0.2, 0) is 13.5 Å². The first-order valence-electron chi connectivity index (χ1n) is 4.56. The molecule has 0 aliphatic heterocycles. The Morgan fingerprint density at radius 2 is 2.40 bits per heavy atom. The third kappa shape index (κ3) is 2.48. The highest BCUT2D eigenvalue weighted by molar-refractivity contribution is 9.10. The van der Waals surface area contributed by atoms with E-state index in [-0.39, 0.29) is 0 Å². The smallest absolute Gasteiger partial charge is 0.103 e. The van der Waals surface area contributed by atoms with Crippen LogP contribution in [0.4, 0.5) is 0 Å². The van der Waals surface area contributed by atoms with Crippen LogP contribution < -0.4 is 0 Å². The molecule has 0 spiro atoms. The summed E-state index contributed by atoms with van der Waals surface area (Å²) in [6.07, 6.45) is 1.92. The molecule has 0 aromatic carbocycles. The molecule has 2 aromatic heterocycles. The van der Waals surface area contributed by atoms with Crippen molar-refractivity contribution in [3.05, 3.63) is 38.8 Å². The average Bonchev–Trinajstić information content (AvgIpc) is 2.77. The van der Waals surface area contributed by atoms with Crippen molar-refractivity contribution in [3.63, 3.8) is 0 Å². The van der Waals surface area contributed by atoms with Gasteiger partial charge in [0.2, 0.25) is 0 Å². The number of aryl methyl sites for hydroxylation is 1. The van der Waals surface area contributed by atoms with E-state index in [1.165, 1.54) is 0 Å². The molecule has 2 rings (SSSR count). The predicted molar refractivity (Wildman–Crippen MR) is 63.9 cm³/mol. The Morgan fingerprint density at radius 1 is 1.60 bits per heavy atom. The Kier molecular flexibility index (Phi) is 3.23. The molecule has 15 heavy (non-hydrogen) atoms. The van der Waals surface area contributed by atoms with Crippen molar-refractivity contribution >= 4 is 27.3 Å². The quantitative estimate of drug-likeness (QED) is 0.942. The van der Waals surface area contributed by atoms with Gasteiger partial charge in [0.15, 0.2) is 0 Å². The minimum atomic E-state index is -0.527. The van der Waals surface area contributed by atoms with Gasteiger partial charge in [-0.1, -0.05) is 0 Å². The number of halogens is 1. The lowest BCUT2D eigenvalue weighted by atomic mass is 10.2. The van der Waals surface area contributed by atoms with Gasteiger partial charge in [-0.15, -0.1) is 11.3 Å². The Hall–Kier alpha value is -0.650. The molecule has 0 saturated carbocycles. The van der Waals surface area contributed by atoms with Gasteiger partial charge in [-0.2, -0.15) is 5.10 Å². The number of nitrogens with zero attached hydrogens (tertiary/aromatic N) is 2. The fourth-order valence-electron chi connectivity index (χ4n) is 1.36. The number of aliphatic hydroxyl groups excluding tert-OH is 1. The van der Waals surface area contributed by atoms with Gasteiger partial charge in [-0.05, 0) is 33.4 Å². The maximum Gasteiger partial charge on any atom is 0.103 e. The molecule has 0 fully saturated rings. The summed E-state index contributed by atoms with van der Waals surface area (Å²) in [5, 5.41) is 16.1. The highest BCUT2D eigenvalue weighted by Gasteiger charge is 2.13. The van der Waals surface area contributed by atoms with E-state index in [9.17, 15) is 5.11 Å². The fourth-order valence-corrected chi connectivity index (χ4v) is 2.91. The summed E-state index contributed by atoms with van der Waals surface area (Å²) < 4.78 is 2.75. The highest BCUT2D eigenvalue weighted by Crippen LogP contribution is 2.27. The molecule has 1 atom stereocenters. The summed E-state index contributed by atoms with van der Waals surface area (Å²) in [5.41, 5.74) is 0.720. The Balaban J connectivity index is 2.10. The zero-order valence-corrected chi connectivity index (χ0v) is 10.6. The van der Waals surface area contributed by atoms with Crippen LogP contribution in [-0.4, -0.2) is 14.9 Å². The van der Waals surface area contributed by atoms with Crippen molar-refractivity contribution in [2.45, 2.75) is 12.5 Å². The van der Waals surface area contributed by atoms with E-state index < -0.39 is 6.10 Å². The number of thiophene rings is 1. The molecule has 3 nitrogen and oxygen atoms in total. The van der Waals surface area contributed by atoms with E-state index in [2.05, 4.69) is 21.0 Å². The van der Waals surface area contributed by atoms with Crippen LogP contribution in [0.3, 0.4) is 0 Å². The molecular weight excluding hydrogens is 276 g/mol. The Morgan fingerprint density at radius 3 is 2.93 bits per heavy atom. The number of rotatable bonds is 3. The first-order chi connectivity index (χ1) is 7.16. The van der Waals surface area contributed by atoms with Crippen LogP contribution in [0.1, 0.15) is 16.7 Å². The van der Waals surface area contributed by atoms with E-state index in [0.29, 0.717) is 6.42 Å². The first-order valence-corrected chi connectivity index (χ1v) is 6.23. The van der Waals surface area contributed by atoms with Crippen LogP contribution in [0.25, 0.3) is 0 Å². The van der Waals surface area contributed by atoms with Crippen LogP contribution in [0.5, 0.6) is 0 Å². The molecule has 2 aromatic rings. The summed E-state index contributed by atoms with van der Waals surface area (Å²) >= 11 is 5.08. The first kappa shape index (κ1) is 10.9. The topological polar surface area (TPSA) is 38.0 Å². The third-order valence-corrected chi connectivity index (χ3v) is 4.09. The second-order valence-electron chi connectivity index (χ2n) is 3.33.